The van der Waals surface area contributed by atoms with Crippen molar-refractivity contribution in [3.05, 3.63) is 22.2 Å². The molecule has 2 N–H and O–H groups in total. The van der Waals surface area contributed by atoms with Crippen molar-refractivity contribution in [1.82, 2.24) is 4.90 Å². The maximum absolute atomic E-state index is 6.66. The number of nitrogens with two attached hydrogens (primary N) is 1. The molecule has 2 rings (SSSR count). The topological polar surface area (TPSA) is 47.7 Å². The van der Waals surface area contributed by atoms with Crippen LogP contribution in [0.15, 0.2) is 6.07 Å². The molecule has 1 fully saturated rings. The Hall–Kier alpha value is -0.970. The van der Waals surface area contributed by atoms with Gasteiger partial charge in [-0.15, -0.1) is 0 Å². The van der Waals surface area contributed by atoms with Gasteiger partial charge in [-0.2, -0.15) is 0 Å². The number of benzene rings is 1. The summed E-state index contributed by atoms with van der Waals surface area (Å²) < 4.78 is 11.1. The molecule has 1 heterocycles. The normalized spacial score (nSPS) is 22.6. The minimum Gasteiger partial charge on any atom is -0.493 e. The van der Waals surface area contributed by atoms with E-state index in [-0.39, 0.29) is 6.04 Å². The van der Waals surface area contributed by atoms with Gasteiger partial charge in [-0.3, -0.25) is 4.90 Å². The summed E-state index contributed by atoms with van der Waals surface area (Å²) in [6.07, 6.45) is 1.86. The fourth-order valence-corrected chi connectivity index (χ4v) is 3.62. The number of likely N-dealkylation sites (tertiary alicyclic amines) is 1. The lowest BCUT2D eigenvalue weighted by Gasteiger charge is -2.25. The second-order valence-corrected chi connectivity index (χ2v) is 6.02. The van der Waals surface area contributed by atoms with Gasteiger partial charge >= 0.3 is 0 Å². The zero-order valence-electron chi connectivity index (χ0n) is 13.3. The molecular formula is C16H25ClN2O2. The molecule has 4 nitrogen and oxygen atoms in total. The first-order valence-corrected chi connectivity index (χ1v) is 7.78. The fourth-order valence-electron chi connectivity index (χ4n) is 3.22. The highest BCUT2D eigenvalue weighted by atomic mass is 35.5. The van der Waals surface area contributed by atoms with Crippen LogP contribution in [0.2, 0.25) is 5.02 Å². The van der Waals surface area contributed by atoms with Gasteiger partial charge in [0, 0.05) is 18.2 Å². The average Bonchev–Trinajstić information content (AvgIpc) is 2.87. The monoisotopic (exact) mass is 312 g/mol. The van der Waals surface area contributed by atoms with Crippen molar-refractivity contribution in [2.24, 2.45) is 11.7 Å². The van der Waals surface area contributed by atoms with E-state index in [1.165, 1.54) is 0 Å². The van der Waals surface area contributed by atoms with Gasteiger partial charge in [0.05, 0.1) is 19.2 Å². The maximum Gasteiger partial charge on any atom is 0.167 e. The molecule has 1 aromatic carbocycles. The standard InChI is InChI=1S/C16H25ClN2O2/c1-5-11-7-13(20-3)16(21-4)14(15(11)17)12-6-10(8-18)9-19(12)2/h7,10,12H,5-6,8-9,18H2,1-4H3. The lowest BCUT2D eigenvalue weighted by Crippen LogP contribution is -2.21. The van der Waals surface area contributed by atoms with Crippen LogP contribution in [0.4, 0.5) is 0 Å². The summed E-state index contributed by atoms with van der Waals surface area (Å²) in [7, 11) is 5.44. The fraction of sp³-hybridized carbons (Fsp3) is 0.625. The van der Waals surface area contributed by atoms with Gasteiger partial charge in [-0.25, -0.2) is 0 Å². The number of aryl methyl sites for hydroxylation is 1. The quantitative estimate of drug-likeness (QED) is 0.908. The second kappa shape index (κ2) is 6.86. The van der Waals surface area contributed by atoms with E-state index in [9.17, 15) is 0 Å². The first-order chi connectivity index (χ1) is 10.1. The van der Waals surface area contributed by atoms with Gasteiger partial charge < -0.3 is 15.2 Å². The number of rotatable bonds is 5. The largest absolute Gasteiger partial charge is 0.493 e. The first kappa shape index (κ1) is 16.4. The predicted octanol–water partition coefficient (Wildman–Crippen LogP) is 2.87. The van der Waals surface area contributed by atoms with Crippen molar-refractivity contribution in [3.8, 4) is 11.5 Å². The number of halogens is 1. The van der Waals surface area contributed by atoms with E-state index in [1.807, 2.05) is 6.07 Å². The smallest absolute Gasteiger partial charge is 0.167 e. The number of hydrogen-bond donors (Lipinski definition) is 1. The van der Waals surface area contributed by atoms with Crippen LogP contribution in [-0.2, 0) is 6.42 Å². The molecule has 0 bridgehead atoms. The average molecular weight is 313 g/mol. The van der Waals surface area contributed by atoms with E-state index in [0.29, 0.717) is 12.5 Å². The van der Waals surface area contributed by atoms with Gasteiger partial charge in [0.1, 0.15) is 0 Å². The second-order valence-electron chi connectivity index (χ2n) is 5.65. The molecule has 2 atom stereocenters. The van der Waals surface area contributed by atoms with E-state index in [1.54, 1.807) is 14.2 Å². The van der Waals surface area contributed by atoms with Crippen LogP contribution < -0.4 is 15.2 Å². The van der Waals surface area contributed by atoms with E-state index in [0.717, 1.165) is 47.0 Å². The molecule has 0 radical (unpaired) electrons. The zero-order valence-corrected chi connectivity index (χ0v) is 14.0. The zero-order chi connectivity index (χ0) is 15.6. The SMILES string of the molecule is CCc1cc(OC)c(OC)c(C2CC(CN)CN2C)c1Cl. The molecule has 5 heteroatoms. The molecule has 1 aromatic rings. The summed E-state index contributed by atoms with van der Waals surface area (Å²) >= 11 is 6.66. The van der Waals surface area contributed by atoms with Crippen LogP contribution in [0, 0.1) is 5.92 Å². The maximum atomic E-state index is 6.66. The molecule has 0 saturated carbocycles. The Labute approximate surface area is 132 Å². The highest BCUT2D eigenvalue weighted by molar-refractivity contribution is 6.32. The summed E-state index contributed by atoms with van der Waals surface area (Å²) in [5, 5.41) is 0.796. The Morgan fingerprint density at radius 1 is 1.38 bits per heavy atom. The van der Waals surface area contributed by atoms with Crippen molar-refractivity contribution >= 4 is 11.6 Å². The first-order valence-electron chi connectivity index (χ1n) is 7.40. The molecule has 0 aliphatic carbocycles. The minimum atomic E-state index is 0.224. The van der Waals surface area contributed by atoms with Crippen LogP contribution in [0.3, 0.4) is 0 Å². The van der Waals surface area contributed by atoms with Gasteiger partial charge in [0.2, 0.25) is 0 Å². The molecule has 21 heavy (non-hydrogen) atoms. The molecule has 0 amide bonds. The number of ether oxygens (including phenoxy) is 2. The molecule has 1 aliphatic rings. The van der Waals surface area contributed by atoms with Crippen LogP contribution in [0.5, 0.6) is 11.5 Å². The van der Waals surface area contributed by atoms with E-state index < -0.39 is 0 Å². The van der Waals surface area contributed by atoms with Crippen LogP contribution in [0.25, 0.3) is 0 Å². The summed E-state index contributed by atoms with van der Waals surface area (Å²) in [4.78, 5) is 2.31. The van der Waals surface area contributed by atoms with Gasteiger partial charge in [0.25, 0.3) is 0 Å². The Kier molecular flexibility index (Phi) is 5.36. The van der Waals surface area contributed by atoms with Gasteiger partial charge in [0.15, 0.2) is 11.5 Å². The molecule has 1 saturated heterocycles. The Morgan fingerprint density at radius 2 is 2.10 bits per heavy atom. The van der Waals surface area contributed by atoms with Gasteiger partial charge in [-0.1, -0.05) is 18.5 Å². The number of methoxy groups -OCH3 is 2. The Balaban J connectivity index is 2.55. The summed E-state index contributed by atoms with van der Waals surface area (Å²) in [5.41, 5.74) is 7.97. The van der Waals surface area contributed by atoms with Crippen LogP contribution in [0.1, 0.15) is 30.5 Å². The van der Waals surface area contributed by atoms with Crippen molar-refractivity contribution < 1.29 is 9.47 Å². The van der Waals surface area contributed by atoms with Crippen molar-refractivity contribution in [3.63, 3.8) is 0 Å². The molecule has 118 valence electrons. The summed E-state index contributed by atoms with van der Waals surface area (Å²) in [6.45, 7) is 3.78. The van der Waals surface area contributed by atoms with E-state index >= 15 is 0 Å². The van der Waals surface area contributed by atoms with Crippen molar-refractivity contribution in [2.75, 3.05) is 34.4 Å². The van der Waals surface area contributed by atoms with Crippen LogP contribution >= 0.6 is 11.6 Å². The van der Waals surface area contributed by atoms with Crippen LogP contribution in [-0.4, -0.2) is 39.3 Å². The van der Waals surface area contributed by atoms with Crippen molar-refractivity contribution in [1.29, 1.82) is 0 Å². The third kappa shape index (κ3) is 2.98. The molecule has 1 aliphatic heterocycles. The highest BCUT2D eigenvalue weighted by Gasteiger charge is 2.34. The molecule has 0 aromatic heterocycles. The lowest BCUT2D eigenvalue weighted by atomic mass is 9.96. The highest BCUT2D eigenvalue weighted by Crippen LogP contribution is 2.47. The van der Waals surface area contributed by atoms with Crippen molar-refractivity contribution in [2.45, 2.75) is 25.8 Å². The minimum absolute atomic E-state index is 0.224. The third-order valence-corrected chi connectivity index (χ3v) is 4.84. The molecule has 2 unspecified atom stereocenters. The summed E-state index contributed by atoms with van der Waals surface area (Å²) in [6, 6.07) is 2.20. The van der Waals surface area contributed by atoms with Gasteiger partial charge in [-0.05, 0) is 44.0 Å². The lowest BCUT2D eigenvalue weighted by molar-refractivity contribution is 0.296. The van der Waals surface area contributed by atoms with E-state index in [2.05, 4.69) is 18.9 Å². The summed E-state index contributed by atoms with van der Waals surface area (Å²) in [5.74, 6) is 1.99. The predicted molar refractivity (Wildman–Crippen MR) is 86.5 cm³/mol. The molecule has 0 spiro atoms. The number of hydrogen-bond acceptors (Lipinski definition) is 4. The Morgan fingerprint density at radius 3 is 2.57 bits per heavy atom. The van der Waals surface area contributed by atoms with E-state index in [4.69, 9.17) is 26.8 Å². The Bertz CT molecular complexity index is 508. The molecular weight excluding hydrogens is 288 g/mol. The third-order valence-electron chi connectivity index (χ3n) is 4.40. The number of nitrogens with zero attached hydrogens (tertiary/aromatic N) is 1.